The first kappa shape index (κ1) is 16.5. The van der Waals surface area contributed by atoms with Gasteiger partial charge in [0.15, 0.2) is 0 Å². The number of carbonyl (C=O) groups is 1. The van der Waals surface area contributed by atoms with E-state index in [0.29, 0.717) is 36.7 Å². The Morgan fingerprint density at radius 2 is 2.22 bits per heavy atom. The lowest BCUT2D eigenvalue weighted by molar-refractivity contribution is -0.0502. The van der Waals surface area contributed by atoms with Crippen LogP contribution in [0, 0.1) is 5.92 Å². The molecule has 6 heteroatoms. The molecule has 23 heavy (non-hydrogen) atoms. The Balaban J connectivity index is 1.57. The van der Waals surface area contributed by atoms with E-state index < -0.39 is 5.60 Å². The third-order valence-electron chi connectivity index (χ3n) is 4.24. The van der Waals surface area contributed by atoms with Crippen molar-refractivity contribution in [3.8, 4) is 0 Å². The second-order valence-corrected chi connectivity index (χ2v) is 7.64. The lowest BCUT2D eigenvalue weighted by Crippen LogP contribution is -2.48. The summed E-state index contributed by atoms with van der Waals surface area (Å²) < 4.78 is 11.3. The van der Waals surface area contributed by atoms with Gasteiger partial charge in [-0.15, -0.1) is 0 Å². The molecule has 1 saturated carbocycles. The molecule has 5 nitrogen and oxygen atoms in total. The topological polar surface area (TPSA) is 51.7 Å². The van der Waals surface area contributed by atoms with Gasteiger partial charge in [-0.3, -0.25) is 0 Å². The first-order chi connectivity index (χ1) is 10.8. The van der Waals surface area contributed by atoms with Crippen LogP contribution in [0.5, 0.6) is 0 Å². The van der Waals surface area contributed by atoms with Crippen molar-refractivity contribution < 1.29 is 14.3 Å². The van der Waals surface area contributed by atoms with Gasteiger partial charge in [-0.05, 0) is 50.7 Å². The van der Waals surface area contributed by atoms with Gasteiger partial charge in [0.25, 0.3) is 0 Å². The summed E-state index contributed by atoms with van der Waals surface area (Å²) in [6.45, 7) is 7.39. The minimum Gasteiger partial charge on any atom is -0.444 e. The van der Waals surface area contributed by atoms with Crippen LogP contribution in [0.4, 0.5) is 4.79 Å². The largest absolute Gasteiger partial charge is 0.444 e. The van der Waals surface area contributed by atoms with Crippen LogP contribution in [-0.2, 0) is 9.47 Å². The maximum absolute atomic E-state index is 12.2. The molecule has 0 aromatic carbocycles. The second-order valence-electron chi connectivity index (χ2n) is 7.26. The van der Waals surface area contributed by atoms with E-state index >= 15 is 0 Å². The number of carbonyl (C=O) groups excluding carboxylic acids is 1. The number of hydrogen-bond acceptors (Lipinski definition) is 4. The van der Waals surface area contributed by atoms with Crippen molar-refractivity contribution in [2.24, 2.45) is 5.92 Å². The van der Waals surface area contributed by atoms with Crippen LogP contribution >= 0.6 is 11.6 Å². The molecule has 3 rings (SSSR count). The molecular weight excluding hydrogens is 316 g/mol. The van der Waals surface area contributed by atoms with Crippen molar-refractivity contribution in [2.45, 2.75) is 44.8 Å². The molecule has 1 aliphatic carbocycles. The number of halogens is 1. The molecule has 126 valence electrons. The minimum absolute atomic E-state index is 0.0666. The number of nitrogens with zero attached hydrogens (tertiary/aromatic N) is 2. The second kappa shape index (κ2) is 6.29. The van der Waals surface area contributed by atoms with Gasteiger partial charge in [0.1, 0.15) is 10.8 Å². The fourth-order valence-corrected chi connectivity index (χ4v) is 3.15. The van der Waals surface area contributed by atoms with Gasteiger partial charge < -0.3 is 14.4 Å². The highest BCUT2D eigenvalue weighted by Crippen LogP contribution is 2.50. The molecular formula is C17H23ClN2O3. The predicted molar refractivity (Wildman–Crippen MR) is 87.6 cm³/mol. The molecule has 0 bridgehead atoms. The van der Waals surface area contributed by atoms with Crippen LogP contribution in [0.3, 0.4) is 0 Å². The van der Waals surface area contributed by atoms with Crippen LogP contribution in [-0.4, -0.2) is 47.4 Å². The maximum atomic E-state index is 12.2. The molecule has 1 aromatic heterocycles. The summed E-state index contributed by atoms with van der Waals surface area (Å²) in [6, 6.07) is 3.84. The third-order valence-corrected chi connectivity index (χ3v) is 4.46. The molecule has 0 spiro atoms. The Hall–Kier alpha value is -1.33. The van der Waals surface area contributed by atoms with Crippen molar-refractivity contribution in [1.82, 2.24) is 9.88 Å². The molecule has 0 N–H and O–H groups in total. The summed E-state index contributed by atoms with van der Waals surface area (Å²) in [5.41, 5.74) is 0.722. The summed E-state index contributed by atoms with van der Waals surface area (Å²) in [4.78, 5) is 18.1. The lowest BCUT2D eigenvalue weighted by atomic mass is 10.1. The lowest BCUT2D eigenvalue weighted by Gasteiger charge is -2.34. The highest BCUT2D eigenvalue weighted by Gasteiger charge is 2.46. The summed E-state index contributed by atoms with van der Waals surface area (Å²) in [5, 5.41) is 0.510. The van der Waals surface area contributed by atoms with E-state index in [1.165, 1.54) is 5.56 Å². The van der Waals surface area contributed by atoms with E-state index in [0.717, 1.165) is 6.42 Å². The molecule has 2 aliphatic rings. The number of morpholine rings is 1. The smallest absolute Gasteiger partial charge is 0.410 e. The summed E-state index contributed by atoms with van der Waals surface area (Å²) in [7, 11) is 0. The molecule has 2 fully saturated rings. The average Bonchev–Trinajstić information content (AvgIpc) is 3.27. The number of amides is 1. The van der Waals surface area contributed by atoms with E-state index in [4.69, 9.17) is 21.1 Å². The quantitative estimate of drug-likeness (QED) is 0.775. The average molecular weight is 339 g/mol. The minimum atomic E-state index is -0.470. The highest BCUT2D eigenvalue weighted by molar-refractivity contribution is 6.29. The third kappa shape index (κ3) is 4.15. The fourth-order valence-electron chi connectivity index (χ4n) is 3.04. The van der Waals surface area contributed by atoms with Crippen molar-refractivity contribution >= 4 is 17.7 Å². The van der Waals surface area contributed by atoms with Gasteiger partial charge in [-0.2, -0.15) is 0 Å². The summed E-state index contributed by atoms with van der Waals surface area (Å²) in [6.07, 6.45) is 2.71. The zero-order chi connectivity index (χ0) is 16.6. The van der Waals surface area contributed by atoms with Gasteiger partial charge in [0.2, 0.25) is 0 Å². The van der Waals surface area contributed by atoms with E-state index in [-0.39, 0.29) is 12.2 Å². The van der Waals surface area contributed by atoms with E-state index in [1.807, 2.05) is 39.1 Å². The normalized spacial score (nSPS) is 27.7. The number of pyridine rings is 1. The molecule has 1 amide bonds. The van der Waals surface area contributed by atoms with E-state index in [2.05, 4.69) is 4.98 Å². The van der Waals surface area contributed by atoms with Crippen LogP contribution in [0.15, 0.2) is 18.3 Å². The van der Waals surface area contributed by atoms with Gasteiger partial charge in [-0.1, -0.05) is 17.7 Å². The van der Waals surface area contributed by atoms with Crippen LogP contribution in [0.1, 0.15) is 38.7 Å². The molecule has 1 aliphatic heterocycles. The van der Waals surface area contributed by atoms with Crippen molar-refractivity contribution in [3.63, 3.8) is 0 Å². The summed E-state index contributed by atoms with van der Waals surface area (Å²) in [5.74, 6) is 0.881. The van der Waals surface area contributed by atoms with E-state index in [9.17, 15) is 4.79 Å². The molecule has 2 heterocycles. The first-order valence-electron chi connectivity index (χ1n) is 8.04. The van der Waals surface area contributed by atoms with Gasteiger partial charge in [0.05, 0.1) is 19.3 Å². The Labute approximate surface area is 141 Å². The van der Waals surface area contributed by atoms with Crippen LogP contribution < -0.4 is 0 Å². The Morgan fingerprint density at radius 3 is 2.87 bits per heavy atom. The molecule has 3 unspecified atom stereocenters. The molecule has 0 radical (unpaired) electrons. The Kier molecular flexibility index (Phi) is 4.52. The van der Waals surface area contributed by atoms with Crippen molar-refractivity contribution in [2.75, 3.05) is 19.7 Å². The number of aromatic nitrogens is 1. The van der Waals surface area contributed by atoms with Crippen molar-refractivity contribution in [1.29, 1.82) is 0 Å². The van der Waals surface area contributed by atoms with Gasteiger partial charge in [0, 0.05) is 12.7 Å². The SMILES string of the molecule is CC(C)(C)OC(=O)N1CCOC(C2CC2c2ccc(Cl)nc2)C1. The number of rotatable bonds is 2. The number of ether oxygens (including phenoxy) is 2. The monoisotopic (exact) mass is 338 g/mol. The molecule has 1 saturated heterocycles. The molecule has 3 atom stereocenters. The highest BCUT2D eigenvalue weighted by atomic mass is 35.5. The van der Waals surface area contributed by atoms with E-state index in [1.54, 1.807) is 4.90 Å². The van der Waals surface area contributed by atoms with Crippen LogP contribution in [0.25, 0.3) is 0 Å². The standard InChI is InChI=1S/C17H23ClN2O3/c1-17(2,3)23-16(21)20-6-7-22-14(10-20)13-8-12(13)11-4-5-15(18)19-9-11/h4-5,9,12-14H,6-8,10H2,1-3H3. The Bertz CT molecular complexity index is 570. The summed E-state index contributed by atoms with van der Waals surface area (Å²) >= 11 is 5.83. The Morgan fingerprint density at radius 1 is 1.43 bits per heavy atom. The fraction of sp³-hybridized carbons (Fsp3) is 0.647. The van der Waals surface area contributed by atoms with Gasteiger partial charge in [-0.25, -0.2) is 9.78 Å². The zero-order valence-electron chi connectivity index (χ0n) is 13.8. The molecule has 1 aromatic rings. The first-order valence-corrected chi connectivity index (χ1v) is 8.42. The van der Waals surface area contributed by atoms with Crippen LogP contribution in [0.2, 0.25) is 5.15 Å². The van der Waals surface area contributed by atoms with Crippen molar-refractivity contribution in [3.05, 3.63) is 29.0 Å². The number of hydrogen-bond donors (Lipinski definition) is 0. The predicted octanol–water partition coefficient (Wildman–Crippen LogP) is 3.47. The van der Waals surface area contributed by atoms with Gasteiger partial charge >= 0.3 is 6.09 Å². The maximum Gasteiger partial charge on any atom is 0.410 e. The zero-order valence-corrected chi connectivity index (χ0v) is 14.5.